The minimum absolute atomic E-state index is 0.0735. The van der Waals surface area contributed by atoms with Gasteiger partial charge in [0.25, 0.3) is 0 Å². The molecule has 2 aliphatic rings. The van der Waals surface area contributed by atoms with Gasteiger partial charge in [-0.3, -0.25) is 9.89 Å². The predicted octanol–water partition coefficient (Wildman–Crippen LogP) is 2.99. The minimum atomic E-state index is 0.0735. The molecule has 0 spiro atoms. The van der Waals surface area contributed by atoms with E-state index in [1.807, 2.05) is 0 Å². The number of hydrogen-bond acceptors (Lipinski definition) is 5. The Balaban J connectivity index is 1.25. The first kappa shape index (κ1) is 14.4. The fraction of sp³-hybridized carbons (Fsp3) is 0.400. The van der Waals surface area contributed by atoms with Crippen LogP contribution in [0.15, 0.2) is 28.6 Å². The molecule has 0 saturated heterocycles. The van der Waals surface area contributed by atoms with Gasteiger partial charge in [0.2, 0.25) is 5.91 Å². The first-order valence-corrected chi connectivity index (χ1v) is 9.46. The average Bonchev–Trinajstić information content (AvgIpc) is 2.84. The minimum Gasteiger partial charge on any atom is -0.355 e. The van der Waals surface area contributed by atoms with Crippen LogP contribution >= 0.6 is 35.3 Å². The molecule has 1 fully saturated rings. The molecule has 1 amide bonds. The van der Waals surface area contributed by atoms with Crippen LogP contribution in [0.25, 0.3) is 0 Å². The van der Waals surface area contributed by atoms with Gasteiger partial charge in [0.05, 0.1) is 5.75 Å². The number of amides is 1. The molecule has 4 rings (SSSR count). The Morgan fingerprint density at radius 3 is 3.18 bits per heavy atom. The molecule has 7 heteroatoms. The second kappa shape index (κ2) is 5.79. The van der Waals surface area contributed by atoms with E-state index in [9.17, 15) is 4.79 Å². The number of H-pyrrole nitrogens is 1. The van der Waals surface area contributed by atoms with Crippen molar-refractivity contribution in [2.75, 3.05) is 12.3 Å². The molecule has 0 bridgehead atoms. The number of thioether (sulfide) groups is 1. The van der Waals surface area contributed by atoms with Gasteiger partial charge in [-0.25, -0.2) is 0 Å². The Hall–Kier alpha value is -1.18. The summed E-state index contributed by atoms with van der Waals surface area (Å²) in [5.41, 5.74) is 2.99. The van der Waals surface area contributed by atoms with Crippen LogP contribution in [0.2, 0.25) is 0 Å². The molecule has 3 atom stereocenters. The van der Waals surface area contributed by atoms with Crippen LogP contribution < -0.4 is 5.32 Å². The molecule has 1 aromatic carbocycles. The fourth-order valence-electron chi connectivity index (χ4n) is 3.45. The van der Waals surface area contributed by atoms with Crippen molar-refractivity contribution in [3.8, 4) is 0 Å². The quantitative estimate of drug-likeness (QED) is 0.644. The summed E-state index contributed by atoms with van der Waals surface area (Å²) < 4.78 is 1.46. The number of fused-ring (bicyclic) bond motifs is 3. The van der Waals surface area contributed by atoms with Crippen molar-refractivity contribution in [1.29, 1.82) is 0 Å². The van der Waals surface area contributed by atoms with Crippen LogP contribution in [0, 0.1) is 15.8 Å². The van der Waals surface area contributed by atoms with Crippen molar-refractivity contribution in [3.05, 3.63) is 39.3 Å². The standard InChI is InChI=1S/C15H15N3OS3/c19-12(7-21-15-18-17-14(20)22-15)16-6-11-10-5-8-3-1-2-4-9(8)13(10)11/h1-4,10-11,13H,5-7H2,(H,16,19)(H,17,20)/t10-,11-,13+/m1/s1. The van der Waals surface area contributed by atoms with Gasteiger partial charge in [0, 0.05) is 6.54 Å². The van der Waals surface area contributed by atoms with Crippen molar-refractivity contribution in [3.63, 3.8) is 0 Å². The number of nitrogens with one attached hydrogen (secondary N) is 2. The molecule has 1 heterocycles. The summed E-state index contributed by atoms with van der Waals surface area (Å²) in [6.07, 6.45) is 1.17. The topological polar surface area (TPSA) is 57.8 Å². The first-order valence-electron chi connectivity index (χ1n) is 7.25. The summed E-state index contributed by atoms with van der Waals surface area (Å²) in [6.45, 7) is 0.791. The Morgan fingerprint density at radius 1 is 1.50 bits per heavy atom. The summed E-state index contributed by atoms with van der Waals surface area (Å²) >= 11 is 7.80. The molecule has 1 aromatic heterocycles. The van der Waals surface area contributed by atoms with Crippen molar-refractivity contribution >= 4 is 41.2 Å². The molecule has 4 nitrogen and oxygen atoms in total. The highest BCUT2D eigenvalue weighted by molar-refractivity contribution is 8.01. The predicted molar refractivity (Wildman–Crippen MR) is 90.9 cm³/mol. The van der Waals surface area contributed by atoms with Gasteiger partial charge < -0.3 is 5.32 Å². The molecule has 2 aromatic rings. The van der Waals surface area contributed by atoms with E-state index in [0.717, 1.165) is 16.8 Å². The normalized spacial score (nSPS) is 24.6. The van der Waals surface area contributed by atoms with Crippen molar-refractivity contribution < 1.29 is 4.79 Å². The maximum atomic E-state index is 11.9. The number of carbonyl (C=O) groups excluding carboxylic acids is 1. The maximum absolute atomic E-state index is 11.9. The number of rotatable bonds is 5. The summed E-state index contributed by atoms with van der Waals surface area (Å²) in [7, 11) is 0. The van der Waals surface area contributed by atoms with E-state index in [2.05, 4.69) is 39.8 Å². The highest BCUT2D eigenvalue weighted by Crippen LogP contribution is 2.60. The SMILES string of the molecule is O=C(CSc1n[nH]c(=S)s1)NC[C@@H]1[C@H]2Cc3ccccc3[C@H]12. The van der Waals surface area contributed by atoms with E-state index in [-0.39, 0.29) is 5.91 Å². The van der Waals surface area contributed by atoms with E-state index >= 15 is 0 Å². The van der Waals surface area contributed by atoms with Crippen molar-refractivity contribution in [2.24, 2.45) is 11.8 Å². The smallest absolute Gasteiger partial charge is 0.230 e. The highest BCUT2D eigenvalue weighted by atomic mass is 32.2. The number of carbonyl (C=O) groups is 1. The lowest BCUT2D eigenvalue weighted by Gasteiger charge is -2.08. The van der Waals surface area contributed by atoms with Gasteiger partial charge >= 0.3 is 0 Å². The molecule has 1 saturated carbocycles. The number of benzene rings is 1. The lowest BCUT2D eigenvalue weighted by molar-refractivity contribution is -0.118. The van der Waals surface area contributed by atoms with Gasteiger partial charge in [0.15, 0.2) is 8.29 Å². The largest absolute Gasteiger partial charge is 0.355 e. The van der Waals surface area contributed by atoms with Crippen LogP contribution in [0.4, 0.5) is 0 Å². The zero-order valence-electron chi connectivity index (χ0n) is 11.7. The number of hydrogen-bond donors (Lipinski definition) is 2. The number of aromatic nitrogens is 2. The Kier molecular flexibility index (Phi) is 3.79. The van der Waals surface area contributed by atoms with Gasteiger partial charge in [-0.2, -0.15) is 5.10 Å². The molecule has 0 unspecified atom stereocenters. The third kappa shape index (κ3) is 2.73. The average molecular weight is 350 g/mol. The summed E-state index contributed by atoms with van der Waals surface area (Å²) in [5, 5.41) is 9.82. The lowest BCUT2D eigenvalue weighted by Crippen LogP contribution is -2.28. The summed E-state index contributed by atoms with van der Waals surface area (Å²) in [6, 6.07) is 8.70. The van der Waals surface area contributed by atoms with Crippen LogP contribution in [-0.4, -0.2) is 28.4 Å². The van der Waals surface area contributed by atoms with E-state index < -0.39 is 0 Å². The summed E-state index contributed by atoms with van der Waals surface area (Å²) in [4.78, 5) is 11.9. The molecule has 114 valence electrons. The molecule has 22 heavy (non-hydrogen) atoms. The zero-order chi connectivity index (χ0) is 15.1. The molecule has 0 aliphatic heterocycles. The van der Waals surface area contributed by atoms with Crippen molar-refractivity contribution in [1.82, 2.24) is 15.5 Å². The maximum Gasteiger partial charge on any atom is 0.230 e. The Morgan fingerprint density at radius 2 is 2.36 bits per heavy atom. The highest BCUT2D eigenvalue weighted by Gasteiger charge is 2.54. The summed E-state index contributed by atoms with van der Waals surface area (Å²) in [5.74, 6) is 2.50. The number of aromatic amines is 1. The molecular formula is C15H15N3OS3. The van der Waals surface area contributed by atoms with Gasteiger partial charge in [-0.15, -0.1) is 0 Å². The van der Waals surface area contributed by atoms with E-state index in [1.165, 1.54) is 40.6 Å². The zero-order valence-corrected chi connectivity index (χ0v) is 14.2. The number of nitrogens with zero attached hydrogens (tertiary/aromatic N) is 1. The van der Waals surface area contributed by atoms with Crippen LogP contribution in [-0.2, 0) is 11.2 Å². The molecule has 0 radical (unpaired) electrons. The second-order valence-corrected chi connectivity index (χ2v) is 8.62. The van der Waals surface area contributed by atoms with Gasteiger partial charge in [-0.05, 0) is 47.5 Å². The first-order chi connectivity index (χ1) is 10.7. The Labute approximate surface area is 141 Å². The van der Waals surface area contributed by atoms with E-state index in [4.69, 9.17) is 12.2 Å². The van der Waals surface area contributed by atoms with Crippen LogP contribution in [0.3, 0.4) is 0 Å². The molecular weight excluding hydrogens is 334 g/mol. The van der Waals surface area contributed by atoms with Crippen LogP contribution in [0.1, 0.15) is 17.0 Å². The third-order valence-corrected chi connectivity index (χ3v) is 6.71. The third-order valence-electron chi connectivity index (χ3n) is 4.48. The van der Waals surface area contributed by atoms with Gasteiger partial charge in [-0.1, -0.05) is 47.4 Å². The van der Waals surface area contributed by atoms with Crippen molar-refractivity contribution in [2.45, 2.75) is 16.7 Å². The monoisotopic (exact) mass is 349 g/mol. The van der Waals surface area contributed by atoms with E-state index in [1.54, 1.807) is 0 Å². The van der Waals surface area contributed by atoms with E-state index in [0.29, 0.717) is 21.5 Å². The van der Waals surface area contributed by atoms with Crippen LogP contribution in [0.5, 0.6) is 0 Å². The molecule has 2 aliphatic carbocycles. The molecule has 2 N–H and O–H groups in total. The Bertz CT molecular complexity index is 769. The van der Waals surface area contributed by atoms with Gasteiger partial charge in [0.1, 0.15) is 0 Å². The fourth-order valence-corrected chi connectivity index (χ4v) is 5.36. The second-order valence-electron chi connectivity index (χ2n) is 5.73. The lowest BCUT2D eigenvalue weighted by atomic mass is 10.0.